The lowest BCUT2D eigenvalue weighted by Crippen LogP contribution is -2.45. The second-order valence-corrected chi connectivity index (χ2v) is 9.76. The van der Waals surface area contributed by atoms with Gasteiger partial charge in [0.1, 0.15) is 23.6 Å². The summed E-state index contributed by atoms with van der Waals surface area (Å²) in [6.45, 7) is 6.60. The lowest BCUT2D eigenvalue weighted by atomic mass is 10.1. The van der Waals surface area contributed by atoms with Crippen molar-refractivity contribution >= 4 is 23.1 Å². The Labute approximate surface area is 203 Å². The zero-order chi connectivity index (χ0) is 24.1. The highest BCUT2D eigenvalue weighted by Crippen LogP contribution is 2.38. The number of anilines is 1. The van der Waals surface area contributed by atoms with Crippen LogP contribution in [0.15, 0.2) is 36.7 Å². The molecule has 2 aliphatic heterocycles. The highest BCUT2D eigenvalue weighted by atomic mass is 16.5. The summed E-state index contributed by atoms with van der Waals surface area (Å²) in [5.74, 6) is 2.36. The van der Waals surface area contributed by atoms with Gasteiger partial charge in [-0.2, -0.15) is 5.10 Å². The molecule has 35 heavy (non-hydrogen) atoms. The summed E-state index contributed by atoms with van der Waals surface area (Å²) in [6.07, 6.45) is 6.56. The maximum Gasteiger partial charge on any atom is 0.322 e. The van der Waals surface area contributed by atoms with Gasteiger partial charge in [0, 0.05) is 37.5 Å². The molecule has 1 atom stereocenters. The minimum atomic E-state index is -0.0880. The number of hydrogen-bond donors (Lipinski definition) is 1. The fourth-order valence-corrected chi connectivity index (χ4v) is 4.89. The third-order valence-corrected chi connectivity index (χ3v) is 7.00. The Morgan fingerprint density at radius 2 is 2.03 bits per heavy atom. The SMILES string of the molecule is Cc1c(C(=O)N2CCC(C)C2)cn2nccc(Oc3ccc4c(c3)OCCN4C(=O)NC3CC3)c12. The molecule has 6 rings (SSSR count). The molecule has 1 aliphatic carbocycles. The Bertz CT molecular complexity index is 1310. The first-order valence-corrected chi connectivity index (χ1v) is 12.3. The van der Waals surface area contributed by atoms with Crippen LogP contribution in [-0.2, 0) is 0 Å². The van der Waals surface area contributed by atoms with Crippen LogP contribution in [0.4, 0.5) is 10.5 Å². The largest absolute Gasteiger partial charge is 0.489 e. The van der Waals surface area contributed by atoms with Crippen molar-refractivity contribution in [1.29, 1.82) is 0 Å². The molecule has 1 unspecified atom stereocenters. The fraction of sp³-hybridized carbons (Fsp3) is 0.423. The van der Waals surface area contributed by atoms with Gasteiger partial charge in [0.2, 0.25) is 0 Å². The third kappa shape index (κ3) is 4.05. The van der Waals surface area contributed by atoms with Crippen LogP contribution < -0.4 is 19.7 Å². The first kappa shape index (κ1) is 21.8. The Morgan fingerprint density at radius 3 is 2.80 bits per heavy atom. The summed E-state index contributed by atoms with van der Waals surface area (Å²) in [4.78, 5) is 29.4. The second kappa shape index (κ2) is 8.48. The normalized spacial score (nSPS) is 19.4. The monoisotopic (exact) mass is 475 g/mol. The number of ether oxygens (including phenoxy) is 2. The minimum Gasteiger partial charge on any atom is -0.489 e. The van der Waals surface area contributed by atoms with Gasteiger partial charge < -0.3 is 19.7 Å². The molecule has 3 aliphatic rings. The Balaban J connectivity index is 1.27. The summed E-state index contributed by atoms with van der Waals surface area (Å²) in [5, 5.41) is 7.45. The van der Waals surface area contributed by atoms with Gasteiger partial charge in [-0.25, -0.2) is 9.31 Å². The number of carbonyl (C=O) groups excluding carboxylic acids is 2. The van der Waals surface area contributed by atoms with Gasteiger partial charge >= 0.3 is 6.03 Å². The van der Waals surface area contributed by atoms with E-state index in [4.69, 9.17) is 9.47 Å². The van der Waals surface area contributed by atoms with Crippen LogP contribution in [-0.4, -0.2) is 58.7 Å². The van der Waals surface area contributed by atoms with E-state index >= 15 is 0 Å². The molecule has 1 aromatic carbocycles. The van der Waals surface area contributed by atoms with Crippen molar-refractivity contribution < 1.29 is 19.1 Å². The summed E-state index contributed by atoms with van der Waals surface area (Å²) >= 11 is 0. The molecule has 0 radical (unpaired) electrons. The van der Waals surface area contributed by atoms with Crippen LogP contribution in [0, 0.1) is 12.8 Å². The van der Waals surface area contributed by atoms with Gasteiger partial charge in [0.25, 0.3) is 5.91 Å². The number of aromatic nitrogens is 2. The van der Waals surface area contributed by atoms with E-state index in [9.17, 15) is 9.59 Å². The number of carbonyl (C=O) groups is 2. The summed E-state index contributed by atoms with van der Waals surface area (Å²) in [7, 11) is 0. The van der Waals surface area contributed by atoms with E-state index in [0.29, 0.717) is 47.9 Å². The molecule has 1 saturated carbocycles. The van der Waals surface area contributed by atoms with Crippen LogP contribution in [0.5, 0.6) is 17.2 Å². The molecule has 9 nitrogen and oxygen atoms in total. The van der Waals surface area contributed by atoms with E-state index in [1.807, 2.05) is 24.0 Å². The van der Waals surface area contributed by atoms with E-state index in [-0.39, 0.29) is 11.9 Å². The Kier molecular flexibility index (Phi) is 5.27. The number of benzene rings is 1. The minimum absolute atomic E-state index is 0.0371. The van der Waals surface area contributed by atoms with Gasteiger partial charge in [-0.1, -0.05) is 6.92 Å². The number of likely N-dealkylation sites (tertiary alicyclic amines) is 1. The Morgan fingerprint density at radius 1 is 1.17 bits per heavy atom. The maximum absolute atomic E-state index is 13.2. The summed E-state index contributed by atoms with van der Waals surface area (Å²) in [5.41, 5.74) is 2.98. The number of urea groups is 1. The third-order valence-electron chi connectivity index (χ3n) is 7.00. The molecule has 2 fully saturated rings. The summed E-state index contributed by atoms with van der Waals surface area (Å²) in [6, 6.07) is 7.49. The zero-order valence-electron chi connectivity index (χ0n) is 20.0. The molecule has 2 aromatic heterocycles. The van der Waals surface area contributed by atoms with Crippen molar-refractivity contribution in [2.75, 3.05) is 31.1 Å². The molecule has 3 amide bonds. The van der Waals surface area contributed by atoms with Gasteiger partial charge in [0.15, 0.2) is 5.75 Å². The standard InChI is InChI=1S/C26H29N5O4/c1-16-8-10-29(14-16)25(32)20-15-31-24(17(20)2)22(7-9-27-31)35-19-5-6-21-23(13-19)34-12-11-30(21)26(33)28-18-3-4-18/h5-7,9,13,15-16,18H,3-4,8,10-12,14H2,1-2H3,(H,28,33). The maximum atomic E-state index is 13.2. The molecule has 182 valence electrons. The number of hydrogen-bond acceptors (Lipinski definition) is 5. The first-order valence-electron chi connectivity index (χ1n) is 12.3. The Hall–Kier alpha value is -3.75. The first-order chi connectivity index (χ1) is 17.0. The smallest absolute Gasteiger partial charge is 0.322 e. The van der Waals surface area contributed by atoms with E-state index in [2.05, 4.69) is 17.3 Å². The number of rotatable bonds is 4. The van der Waals surface area contributed by atoms with E-state index in [1.54, 1.807) is 33.9 Å². The quantitative estimate of drug-likeness (QED) is 0.617. The van der Waals surface area contributed by atoms with Crippen LogP contribution in [0.3, 0.4) is 0 Å². The number of fused-ring (bicyclic) bond motifs is 2. The number of nitrogens with zero attached hydrogens (tertiary/aromatic N) is 4. The molecule has 0 spiro atoms. The summed E-state index contributed by atoms with van der Waals surface area (Å²) < 4.78 is 13.8. The highest BCUT2D eigenvalue weighted by molar-refractivity contribution is 5.98. The van der Waals surface area contributed by atoms with Crippen LogP contribution in [0.1, 0.15) is 42.1 Å². The van der Waals surface area contributed by atoms with E-state index in [1.165, 1.54) is 0 Å². The van der Waals surface area contributed by atoms with E-state index < -0.39 is 0 Å². The second-order valence-electron chi connectivity index (χ2n) is 9.76. The van der Waals surface area contributed by atoms with Crippen molar-refractivity contribution in [3.05, 3.63) is 47.8 Å². The molecular formula is C26H29N5O4. The predicted molar refractivity (Wildman–Crippen MR) is 131 cm³/mol. The van der Waals surface area contributed by atoms with Gasteiger partial charge in [0.05, 0.1) is 24.0 Å². The topological polar surface area (TPSA) is 88.4 Å². The molecule has 4 heterocycles. The van der Waals surface area contributed by atoms with Crippen molar-refractivity contribution in [2.45, 2.75) is 39.2 Å². The van der Waals surface area contributed by atoms with Crippen molar-refractivity contribution in [3.63, 3.8) is 0 Å². The van der Waals surface area contributed by atoms with Crippen LogP contribution in [0.25, 0.3) is 5.52 Å². The zero-order valence-corrected chi connectivity index (χ0v) is 20.0. The molecule has 0 bridgehead atoms. The van der Waals surface area contributed by atoms with Gasteiger partial charge in [-0.05, 0) is 49.8 Å². The predicted octanol–water partition coefficient (Wildman–Crippen LogP) is 3.99. The molecule has 1 N–H and O–H groups in total. The molecular weight excluding hydrogens is 446 g/mol. The molecule has 9 heteroatoms. The molecule has 3 aromatic rings. The number of nitrogens with one attached hydrogen (secondary N) is 1. The number of aryl methyl sites for hydroxylation is 1. The van der Waals surface area contributed by atoms with E-state index in [0.717, 1.165) is 49.1 Å². The van der Waals surface area contributed by atoms with Crippen LogP contribution >= 0.6 is 0 Å². The fourth-order valence-electron chi connectivity index (χ4n) is 4.89. The van der Waals surface area contributed by atoms with Gasteiger partial charge in [-0.3, -0.25) is 9.69 Å². The highest BCUT2D eigenvalue weighted by Gasteiger charge is 2.30. The average molecular weight is 476 g/mol. The van der Waals surface area contributed by atoms with Crippen molar-refractivity contribution in [1.82, 2.24) is 19.8 Å². The molecule has 1 saturated heterocycles. The lowest BCUT2D eigenvalue weighted by molar-refractivity contribution is 0.0787. The lowest BCUT2D eigenvalue weighted by Gasteiger charge is -2.29. The average Bonchev–Trinajstić information content (AvgIpc) is 3.45. The van der Waals surface area contributed by atoms with Gasteiger partial charge in [-0.15, -0.1) is 0 Å². The number of amides is 3. The van der Waals surface area contributed by atoms with Crippen LogP contribution in [0.2, 0.25) is 0 Å². The van der Waals surface area contributed by atoms with Crippen molar-refractivity contribution in [2.24, 2.45) is 5.92 Å². The van der Waals surface area contributed by atoms with Crippen molar-refractivity contribution in [3.8, 4) is 17.2 Å².